The van der Waals surface area contributed by atoms with E-state index in [0.29, 0.717) is 59.8 Å². The van der Waals surface area contributed by atoms with Crippen molar-refractivity contribution in [1.82, 2.24) is 30.5 Å². The summed E-state index contributed by atoms with van der Waals surface area (Å²) in [5.74, 6) is 2.81. The summed E-state index contributed by atoms with van der Waals surface area (Å²) in [5.41, 5.74) is 24.9. The highest BCUT2D eigenvalue weighted by molar-refractivity contribution is 7.66. The Kier molecular flexibility index (Phi) is 28.9. The van der Waals surface area contributed by atoms with E-state index in [1.807, 2.05) is 32.0 Å². The number of nitrogens with two attached hydrogens (primary N) is 1. The van der Waals surface area contributed by atoms with E-state index in [1.165, 1.54) is 24.3 Å². The second kappa shape index (κ2) is 37.8. The standard InChI is InChI=1S/C64H71N14O23P3/c1-3-77(4-2)45-26-24-42-30-47(63(84)99-53(42)32-45)62-72-48-31-43(25-27-52(48)98-62)61(83)71-49(34-69-60(82)40-17-11-7-5-8-12-18-40)51(80)23-14-10-6-9-13-22-50(79)41-19-15-21-46(29-41)93-38-57(74-76-67)94-37-56(81)68-28-16-20-44-35-78(64(85)73-59(44)65)58-33-54(95-39-70-75-66)55(97-58)36-96-103(89,90)101-104(91,92)100-102(86,87)88/h5,7-8,11-12,15,17-19,21,24-27,29-32,35,49,54-55,57-58H,3-4,6,9-10,13-14,22-23,28,33-34,36-39H2,1-2H3,(H,68,81)(H,69,82)(H,71,83)(H,89,90)(H,91,92)(H2,65,73,85)(H2,86,87,88)/b7-5-,8-5?,11-7?,12-8-,17-11?,18-12?,40-17?,40-18?. The lowest BCUT2D eigenvalue weighted by molar-refractivity contribution is -0.128. The van der Waals surface area contributed by atoms with Gasteiger partial charge in [0.05, 0.1) is 24.8 Å². The predicted octanol–water partition coefficient (Wildman–Crippen LogP) is 8.08. The number of nitrogens with zero attached hydrogens (tertiary/aromatic N) is 10. The molecule has 8 rings (SSSR count). The number of hydrogen-bond donors (Lipinski definition) is 8. The van der Waals surface area contributed by atoms with Gasteiger partial charge in [-0.2, -0.15) is 13.6 Å². The van der Waals surface area contributed by atoms with Gasteiger partial charge in [-0.05, 0) is 98.4 Å². The number of amides is 3. The fourth-order valence-electron chi connectivity index (χ4n) is 10.4. The average molecular weight is 1500 g/mol. The monoisotopic (exact) mass is 1500 g/mol. The molecule has 550 valence electrons. The number of rotatable bonds is 38. The van der Waals surface area contributed by atoms with Crippen LogP contribution in [-0.4, -0.2) is 141 Å². The first kappa shape index (κ1) is 79.5. The number of phosphoric acid groups is 3. The number of phosphoric ester groups is 1. The predicted molar refractivity (Wildman–Crippen MR) is 371 cm³/mol. The lowest BCUT2D eigenvalue weighted by Gasteiger charge is -2.21. The first-order valence-electron chi connectivity index (χ1n) is 31.9. The van der Waals surface area contributed by atoms with Crippen LogP contribution in [0, 0.1) is 11.8 Å². The molecule has 3 aromatic heterocycles. The van der Waals surface area contributed by atoms with Crippen LogP contribution in [-0.2, 0) is 55.4 Å². The van der Waals surface area contributed by atoms with Crippen LogP contribution in [0.25, 0.3) is 54.4 Å². The first-order valence-corrected chi connectivity index (χ1v) is 36.5. The van der Waals surface area contributed by atoms with Gasteiger partial charge in [0.15, 0.2) is 23.4 Å². The van der Waals surface area contributed by atoms with E-state index in [4.69, 9.17) is 48.8 Å². The molecule has 0 radical (unpaired) electrons. The Bertz CT molecular complexity index is 4740. The number of ketones is 2. The van der Waals surface area contributed by atoms with E-state index in [0.717, 1.165) is 29.5 Å². The minimum absolute atomic E-state index is 0.00802. The van der Waals surface area contributed by atoms with Crippen LogP contribution < -0.4 is 42.6 Å². The van der Waals surface area contributed by atoms with Gasteiger partial charge in [0, 0.05) is 88.8 Å². The zero-order valence-corrected chi connectivity index (χ0v) is 58.3. The van der Waals surface area contributed by atoms with Gasteiger partial charge >= 0.3 is 34.8 Å². The van der Waals surface area contributed by atoms with Gasteiger partial charge in [0.1, 0.15) is 66.5 Å². The minimum Gasteiger partial charge on any atom is -0.491 e. The minimum atomic E-state index is -5.87. The number of nitrogen functional groups attached to an aromatic ring is 1. The van der Waals surface area contributed by atoms with Crippen LogP contribution in [0.5, 0.6) is 5.75 Å². The summed E-state index contributed by atoms with van der Waals surface area (Å²) in [6.45, 7) is 2.45. The van der Waals surface area contributed by atoms with Crippen molar-refractivity contribution in [1.29, 1.82) is 0 Å². The summed E-state index contributed by atoms with van der Waals surface area (Å²) in [5, 5.41) is 15.4. The molecule has 37 nitrogen and oxygen atoms in total. The number of aromatic nitrogens is 3. The number of fused-ring (bicyclic) bond motifs is 2. The summed E-state index contributed by atoms with van der Waals surface area (Å²) in [6, 6.07) is 16.9. The number of nitrogens with one attached hydrogen (secondary N) is 3. The number of unbranched alkanes of at least 4 members (excludes halogenated alkanes) is 4. The van der Waals surface area contributed by atoms with Gasteiger partial charge < -0.3 is 73.9 Å². The molecule has 1 fully saturated rings. The van der Waals surface area contributed by atoms with E-state index < -0.39 is 103 Å². The molecule has 3 amide bonds. The summed E-state index contributed by atoms with van der Waals surface area (Å²) < 4.78 is 82.2. The summed E-state index contributed by atoms with van der Waals surface area (Å²) in [6.07, 6.45) is 10.8. The number of oxazole rings is 1. The number of carbonyl (C=O) groups is 5. The Morgan fingerprint density at radius 1 is 0.837 bits per heavy atom. The lowest BCUT2D eigenvalue weighted by Crippen LogP contribution is -2.48. The molecule has 0 bridgehead atoms. The molecule has 7 atom stereocenters. The molecule has 7 unspecified atom stereocenters. The molecule has 104 heavy (non-hydrogen) atoms. The number of benzene rings is 3. The Balaban J connectivity index is 0.775. The van der Waals surface area contributed by atoms with Gasteiger partial charge in [-0.3, -0.25) is 33.1 Å². The van der Waals surface area contributed by atoms with Gasteiger partial charge in [0.2, 0.25) is 11.8 Å². The van der Waals surface area contributed by atoms with Crippen LogP contribution in [0.2, 0.25) is 0 Å². The summed E-state index contributed by atoms with van der Waals surface area (Å²) >= 11 is 0. The van der Waals surface area contributed by atoms with Crippen LogP contribution in [0.15, 0.2) is 150 Å². The van der Waals surface area contributed by atoms with Crippen LogP contribution >= 0.6 is 23.5 Å². The van der Waals surface area contributed by atoms with Crippen molar-refractivity contribution in [2.75, 3.05) is 63.4 Å². The maximum Gasteiger partial charge on any atom is 0.490 e. The molecule has 0 saturated carbocycles. The van der Waals surface area contributed by atoms with Gasteiger partial charge in [-0.25, -0.2) is 28.3 Å². The number of allylic oxidation sites excluding steroid dienone is 6. The molecule has 9 N–H and O–H groups in total. The zero-order valence-electron chi connectivity index (χ0n) is 55.6. The fraction of sp³-hybridized carbons (Fsp3) is 0.359. The molecule has 1 aliphatic carbocycles. The number of Topliss-reactive ketones (excluding diaryl/α,β-unsaturated/α-hetero) is 2. The van der Waals surface area contributed by atoms with Crippen molar-refractivity contribution in [2.24, 2.45) is 10.2 Å². The van der Waals surface area contributed by atoms with Crippen LogP contribution in [0.4, 0.5) is 11.5 Å². The summed E-state index contributed by atoms with van der Waals surface area (Å²) in [7, 11) is -17.2. The van der Waals surface area contributed by atoms with Crippen molar-refractivity contribution in [3.8, 4) is 29.0 Å². The summed E-state index contributed by atoms with van der Waals surface area (Å²) in [4.78, 5) is 146. The smallest absolute Gasteiger partial charge is 0.490 e. The third-order valence-corrected chi connectivity index (χ3v) is 19.2. The molecule has 40 heteroatoms. The van der Waals surface area contributed by atoms with Crippen molar-refractivity contribution < 1.29 is 98.2 Å². The molecular weight excluding hydrogens is 1430 g/mol. The molecule has 1 saturated heterocycles. The first-order chi connectivity index (χ1) is 49.7. The largest absolute Gasteiger partial charge is 0.491 e. The Hall–Kier alpha value is -10.2. The molecule has 0 spiro atoms. The Morgan fingerprint density at radius 2 is 1.60 bits per heavy atom. The zero-order chi connectivity index (χ0) is 75.0. The number of ether oxygens (including phenoxy) is 4. The van der Waals surface area contributed by atoms with Gasteiger partial charge in [-0.15, -0.1) is 0 Å². The van der Waals surface area contributed by atoms with Crippen molar-refractivity contribution in [3.05, 3.63) is 180 Å². The third kappa shape index (κ3) is 23.9. The van der Waals surface area contributed by atoms with E-state index in [-0.39, 0.29) is 90.2 Å². The van der Waals surface area contributed by atoms with E-state index in [2.05, 4.69) is 75.9 Å². The SMILES string of the molecule is CCN(CC)c1ccc2cc(-c3nc4cc(C(=O)NC(CNC(=O)C5=C/C=C\C=C/C=C5)C(=O)CCCCCCCC(=O)c5cccc(OCC(N=[N+]=[N-])OCC(=O)NCC#Cc6cn(C7CC(OCN=[N+]=[N-])C(COP(=O)(O)OP(=O)(O)OP(=O)(O)O)O7)c(=O)nc6N)c5)ccc4o3)c(=O)oc2c1. The lowest BCUT2D eigenvalue weighted by atomic mass is 10.0. The topological polar surface area (TPSA) is 536 Å². The normalized spacial score (nSPS) is 17.2. The quantitative estimate of drug-likeness (QED) is 0.00265. The number of carbonyl (C=O) groups excluding carboxylic acids is 5. The second-order valence-electron chi connectivity index (χ2n) is 22.6. The molecule has 3 aromatic carbocycles. The second-order valence-corrected chi connectivity index (χ2v) is 27.0. The Labute approximate surface area is 590 Å². The molecule has 4 heterocycles. The molecule has 6 aromatic rings. The highest BCUT2D eigenvalue weighted by atomic mass is 31.3. The van der Waals surface area contributed by atoms with Crippen LogP contribution in [0.3, 0.4) is 0 Å². The average Bonchev–Trinajstić information content (AvgIpc) is 1.57. The highest BCUT2D eigenvalue weighted by Gasteiger charge is 2.44. The third-order valence-electron chi connectivity index (χ3n) is 15.4. The number of hydrogen-bond acceptors (Lipinski definition) is 25. The van der Waals surface area contributed by atoms with Crippen molar-refractivity contribution in [3.63, 3.8) is 0 Å². The molecule has 2 aliphatic rings. The maximum absolute atomic E-state index is 13.9. The van der Waals surface area contributed by atoms with Crippen molar-refractivity contribution in [2.45, 2.75) is 95.9 Å². The van der Waals surface area contributed by atoms with E-state index >= 15 is 0 Å². The van der Waals surface area contributed by atoms with E-state index in [1.54, 1.807) is 66.8 Å². The molecular formula is C64H71N14O23P3. The van der Waals surface area contributed by atoms with Gasteiger partial charge in [0.25, 0.3) is 11.8 Å². The number of azide groups is 2. The van der Waals surface area contributed by atoms with Gasteiger partial charge in [-0.1, -0.05) is 83.8 Å². The highest BCUT2D eigenvalue weighted by Crippen LogP contribution is 2.66. The maximum atomic E-state index is 13.9. The number of anilines is 2. The fourth-order valence-corrected chi connectivity index (χ4v) is 13.4. The van der Waals surface area contributed by atoms with Crippen LogP contribution in [0.1, 0.15) is 97.7 Å². The Morgan fingerprint density at radius 3 is 2.36 bits per heavy atom. The van der Waals surface area contributed by atoms with Crippen molar-refractivity contribution >= 4 is 86.3 Å². The van der Waals surface area contributed by atoms with E-state index in [9.17, 15) is 62.6 Å². The molecule has 1 aliphatic heterocycles.